The van der Waals surface area contributed by atoms with Crippen LogP contribution in [0.2, 0.25) is 0 Å². The van der Waals surface area contributed by atoms with Crippen LogP contribution < -0.4 is 5.32 Å². The number of nitrogens with zero attached hydrogens (tertiary/aromatic N) is 2. The normalized spacial score (nSPS) is 11.0. The Bertz CT molecular complexity index is 825. The summed E-state index contributed by atoms with van der Waals surface area (Å²) in [6.07, 6.45) is 3.86. The van der Waals surface area contributed by atoms with Crippen LogP contribution in [-0.2, 0) is 7.05 Å². The van der Waals surface area contributed by atoms with Crippen LogP contribution in [0.3, 0.4) is 0 Å². The van der Waals surface area contributed by atoms with Crippen molar-refractivity contribution < 1.29 is 4.79 Å². The monoisotopic (exact) mass is 381 g/mol. The molecule has 0 atom stereocenters. The number of fused-ring (bicyclic) bond motifs is 1. The van der Waals surface area contributed by atoms with E-state index in [2.05, 4.69) is 26.2 Å². The van der Waals surface area contributed by atoms with Crippen LogP contribution in [0.15, 0.2) is 39.3 Å². The molecule has 0 fully saturated rings. The van der Waals surface area contributed by atoms with Crippen LogP contribution in [0.25, 0.3) is 10.2 Å². The number of nitrogens with one attached hydrogen (secondary N) is 1. The lowest BCUT2D eigenvalue weighted by atomic mass is 10.3. The first kappa shape index (κ1) is 14.6. The molecular weight excluding hydrogens is 370 g/mol. The van der Waals surface area contributed by atoms with E-state index in [-0.39, 0.29) is 5.91 Å². The van der Waals surface area contributed by atoms with Crippen molar-refractivity contribution in [2.24, 2.45) is 7.05 Å². The van der Waals surface area contributed by atoms with E-state index in [1.165, 1.54) is 0 Å². The maximum absolute atomic E-state index is 12.3. The molecule has 7 heteroatoms. The third kappa shape index (κ3) is 3.00. The number of rotatable bonds is 3. The Hall–Kier alpha value is -1.31. The Morgan fingerprint density at radius 3 is 2.90 bits per heavy atom. The molecule has 0 saturated carbocycles. The number of thiazole rings is 1. The molecule has 4 nitrogen and oxygen atoms in total. The van der Waals surface area contributed by atoms with Gasteiger partial charge in [-0.05, 0) is 46.5 Å². The molecule has 0 aliphatic rings. The van der Waals surface area contributed by atoms with Crippen molar-refractivity contribution in [3.8, 4) is 0 Å². The quantitative estimate of drug-likeness (QED) is 0.685. The SMILES string of the molecule is CSc1nc2ccc(NC(=O)c3cc(Br)cn3C)cc2s1. The summed E-state index contributed by atoms with van der Waals surface area (Å²) in [5, 5.41) is 2.92. The first-order valence-corrected chi connectivity index (χ1v) is 8.98. The van der Waals surface area contributed by atoms with E-state index in [9.17, 15) is 4.79 Å². The number of thioether (sulfide) groups is 1. The van der Waals surface area contributed by atoms with Gasteiger partial charge in [-0.15, -0.1) is 11.3 Å². The van der Waals surface area contributed by atoms with Crippen molar-refractivity contribution in [3.05, 3.63) is 40.6 Å². The zero-order chi connectivity index (χ0) is 15.0. The first-order chi connectivity index (χ1) is 10.1. The molecule has 0 unspecified atom stereocenters. The third-order valence-electron chi connectivity index (χ3n) is 3.01. The van der Waals surface area contributed by atoms with Gasteiger partial charge in [0, 0.05) is 23.4 Å². The second-order valence-electron chi connectivity index (χ2n) is 4.47. The second kappa shape index (κ2) is 5.82. The molecule has 108 valence electrons. The van der Waals surface area contributed by atoms with Crippen molar-refractivity contribution in [1.82, 2.24) is 9.55 Å². The summed E-state index contributed by atoms with van der Waals surface area (Å²) < 4.78 is 4.78. The molecule has 3 rings (SSSR count). The molecule has 1 aromatic carbocycles. The number of aryl methyl sites for hydroxylation is 1. The highest BCUT2D eigenvalue weighted by molar-refractivity contribution is 9.10. The minimum atomic E-state index is -0.128. The van der Waals surface area contributed by atoms with Gasteiger partial charge in [-0.1, -0.05) is 11.8 Å². The predicted octanol–water partition coefficient (Wildman–Crippen LogP) is 4.37. The van der Waals surface area contributed by atoms with Gasteiger partial charge in [0.05, 0.1) is 10.2 Å². The van der Waals surface area contributed by atoms with Crippen LogP contribution in [-0.4, -0.2) is 21.7 Å². The molecule has 0 saturated heterocycles. The molecule has 0 spiro atoms. The maximum atomic E-state index is 12.3. The number of carbonyl (C=O) groups excluding carboxylic acids is 1. The average Bonchev–Trinajstić information content (AvgIpc) is 3.00. The molecule has 2 heterocycles. The zero-order valence-corrected chi connectivity index (χ0v) is 14.6. The highest BCUT2D eigenvalue weighted by atomic mass is 79.9. The molecule has 0 radical (unpaired) electrons. The number of aromatic nitrogens is 2. The van der Waals surface area contributed by atoms with Crippen molar-refractivity contribution in [1.29, 1.82) is 0 Å². The Kier molecular flexibility index (Phi) is 4.05. The van der Waals surface area contributed by atoms with Gasteiger partial charge in [0.2, 0.25) is 0 Å². The van der Waals surface area contributed by atoms with E-state index in [0.29, 0.717) is 5.69 Å². The number of halogens is 1. The van der Waals surface area contributed by atoms with Crippen LogP contribution in [0.1, 0.15) is 10.5 Å². The van der Waals surface area contributed by atoms with Crippen LogP contribution in [0.5, 0.6) is 0 Å². The fourth-order valence-corrected chi connectivity index (χ4v) is 4.07. The van der Waals surface area contributed by atoms with Crippen LogP contribution in [0, 0.1) is 0 Å². The highest BCUT2D eigenvalue weighted by Crippen LogP contribution is 2.30. The van der Waals surface area contributed by atoms with E-state index in [1.54, 1.807) is 33.7 Å². The molecule has 1 amide bonds. The standard InChI is InChI=1S/C14H12BrN3OS2/c1-18-7-8(15)5-11(18)13(19)16-9-3-4-10-12(6-9)21-14(17-10)20-2/h3-7H,1-2H3,(H,16,19). The molecule has 0 aliphatic carbocycles. The third-order valence-corrected chi connectivity index (χ3v) is 5.44. The van der Waals surface area contributed by atoms with Gasteiger partial charge in [0.1, 0.15) is 5.69 Å². The molecular formula is C14H12BrN3OS2. The van der Waals surface area contributed by atoms with E-state index in [4.69, 9.17) is 0 Å². The van der Waals surface area contributed by atoms with Gasteiger partial charge in [-0.3, -0.25) is 4.79 Å². The van der Waals surface area contributed by atoms with Gasteiger partial charge in [0.15, 0.2) is 4.34 Å². The predicted molar refractivity (Wildman–Crippen MR) is 92.5 cm³/mol. The van der Waals surface area contributed by atoms with Crippen molar-refractivity contribution in [2.45, 2.75) is 4.34 Å². The van der Waals surface area contributed by atoms with Crippen molar-refractivity contribution in [3.63, 3.8) is 0 Å². The smallest absolute Gasteiger partial charge is 0.272 e. The number of carbonyl (C=O) groups is 1. The van der Waals surface area contributed by atoms with Crippen LogP contribution in [0.4, 0.5) is 5.69 Å². The van der Waals surface area contributed by atoms with E-state index in [0.717, 1.165) is 24.7 Å². The van der Waals surface area contributed by atoms with Crippen molar-refractivity contribution in [2.75, 3.05) is 11.6 Å². The summed E-state index contributed by atoms with van der Waals surface area (Å²) >= 11 is 6.63. The summed E-state index contributed by atoms with van der Waals surface area (Å²) in [5.41, 5.74) is 2.35. The minimum absolute atomic E-state index is 0.128. The maximum Gasteiger partial charge on any atom is 0.272 e. The van der Waals surface area contributed by atoms with Gasteiger partial charge < -0.3 is 9.88 Å². The Labute approximate surface area is 138 Å². The van der Waals surface area contributed by atoms with Gasteiger partial charge in [0.25, 0.3) is 5.91 Å². The molecule has 1 N–H and O–H groups in total. The number of benzene rings is 1. The minimum Gasteiger partial charge on any atom is -0.345 e. The molecule has 3 aromatic rings. The summed E-state index contributed by atoms with van der Waals surface area (Å²) in [4.78, 5) is 16.8. The number of amides is 1. The van der Waals surface area contributed by atoms with Gasteiger partial charge in [-0.25, -0.2) is 4.98 Å². The fourth-order valence-electron chi connectivity index (χ4n) is 2.01. The van der Waals surface area contributed by atoms with E-state index < -0.39 is 0 Å². The lowest BCUT2D eigenvalue weighted by Crippen LogP contribution is -2.15. The number of hydrogen-bond donors (Lipinski definition) is 1. The fraction of sp³-hybridized carbons (Fsp3) is 0.143. The summed E-state index contributed by atoms with van der Waals surface area (Å²) in [6, 6.07) is 7.57. The van der Waals surface area contributed by atoms with Crippen LogP contribution >= 0.6 is 39.0 Å². The lowest BCUT2D eigenvalue weighted by Gasteiger charge is -2.05. The van der Waals surface area contributed by atoms with Crippen molar-refractivity contribution >= 4 is 60.8 Å². The Balaban J connectivity index is 1.87. The first-order valence-electron chi connectivity index (χ1n) is 6.14. The lowest BCUT2D eigenvalue weighted by molar-refractivity contribution is 0.101. The Morgan fingerprint density at radius 2 is 2.24 bits per heavy atom. The highest BCUT2D eigenvalue weighted by Gasteiger charge is 2.12. The Morgan fingerprint density at radius 1 is 1.43 bits per heavy atom. The molecule has 0 bridgehead atoms. The molecule has 21 heavy (non-hydrogen) atoms. The summed E-state index contributed by atoms with van der Waals surface area (Å²) in [5.74, 6) is -0.128. The molecule has 2 aromatic heterocycles. The second-order valence-corrected chi connectivity index (χ2v) is 7.47. The number of anilines is 1. The van der Waals surface area contributed by atoms with E-state index in [1.807, 2.05) is 37.7 Å². The van der Waals surface area contributed by atoms with Gasteiger partial charge in [-0.2, -0.15) is 0 Å². The van der Waals surface area contributed by atoms with Gasteiger partial charge >= 0.3 is 0 Å². The zero-order valence-electron chi connectivity index (χ0n) is 11.4. The topological polar surface area (TPSA) is 46.9 Å². The molecule has 0 aliphatic heterocycles. The number of hydrogen-bond acceptors (Lipinski definition) is 4. The summed E-state index contributed by atoms with van der Waals surface area (Å²) in [7, 11) is 1.84. The average molecular weight is 382 g/mol. The largest absolute Gasteiger partial charge is 0.345 e. The summed E-state index contributed by atoms with van der Waals surface area (Å²) in [6.45, 7) is 0. The van der Waals surface area contributed by atoms with E-state index >= 15 is 0 Å².